The third-order valence-electron chi connectivity index (χ3n) is 2.42. The van der Waals surface area contributed by atoms with E-state index in [4.69, 9.17) is 0 Å². The van der Waals surface area contributed by atoms with Crippen molar-refractivity contribution in [3.8, 4) is 0 Å². The minimum Gasteiger partial charge on any atom is -0.309 e. The maximum Gasteiger partial charge on any atom is 0.0574 e. The van der Waals surface area contributed by atoms with Crippen LogP contribution in [0, 0.1) is 0 Å². The zero-order chi connectivity index (χ0) is 9.10. The monoisotopic (exact) mass is 240 g/mol. The maximum absolute atomic E-state index is 4.39. The molecule has 2 heterocycles. The van der Waals surface area contributed by atoms with Gasteiger partial charge in [0, 0.05) is 16.7 Å². The molecule has 3 heteroatoms. The van der Waals surface area contributed by atoms with Gasteiger partial charge in [0.1, 0.15) is 0 Å². The van der Waals surface area contributed by atoms with Crippen molar-refractivity contribution in [2.45, 2.75) is 25.3 Å². The predicted molar refractivity (Wildman–Crippen MR) is 56.5 cm³/mol. The number of rotatable bonds is 1. The van der Waals surface area contributed by atoms with Gasteiger partial charge in [-0.2, -0.15) is 0 Å². The average molecular weight is 241 g/mol. The Morgan fingerprint density at radius 2 is 2.31 bits per heavy atom. The maximum atomic E-state index is 4.39. The highest BCUT2D eigenvalue weighted by atomic mass is 79.9. The van der Waals surface area contributed by atoms with Gasteiger partial charge in [-0.05, 0) is 47.4 Å². The van der Waals surface area contributed by atoms with Gasteiger partial charge >= 0.3 is 0 Å². The Balaban J connectivity index is 2.10. The lowest BCUT2D eigenvalue weighted by atomic mass is 10.0. The van der Waals surface area contributed by atoms with Crippen LogP contribution < -0.4 is 5.32 Å². The summed E-state index contributed by atoms with van der Waals surface area (Å²) in [5, 5.41) is 3.48. The summed E-state index contributed by atoms with van der Waals surface area (Å²) >= 11 is 3.39. The molecule has 1 N–H and O–H groups in total. The standard InChI is InChI=1S/C10H13BrN2/c11-8-4-5-10(13-7-8)9-3-1-2-6-12-9/h4-5,7,9,12H,1-3,6H2. The molecule has 2 rings (SSSR count). The smallest absolute Gasteiger partial charge is 0.0574 e. The molecular weight excluding hydrogens is 228 g/mol. The first-order chi connectivity index (χ1) is 6.36. The number of hydrogen-bond donors (Lipinski definition) is 1. The van der Waals surface area contributed by atoms with Gasteiger partial charge < -0.3 is 5.32 Å². The van der Waals surface area contributed by atoms with E-state index in [2.05, 4.69) is 38.4 Å². The van der Waals surface area contributed by atoms with Gasteiger partial charge in [0.15, 0.2) is 0 Å². The van der Waals surface area contributed by atoms with Crippen molar-refractivity contribution in [2.24, 2.45) is 0 Å². The van der Waals surface area contributed by atoms with E-state index in [-0.39, 0.29) is 0 Å². The van der Waals surface area contributed by atoms with Gasteiger partial charge in [0.05, 0.1) is 5.69 Å². The number of nitrogens with zero attached hydrogens (tertiary/aromatic N) is 1. The van der Waals surface area contributed by atoms with E-state index in [0.717, 1.165) is 11.0 Å². The van der Waals surface area contributed by atoms with Crippen LogP contribution in [0.2, 0.25) is 0 Å². The van der Waals surface area contributed by atoms with Crippen molar-refractivity contribution in [3.63, 3.8) is 0 Å². The molecule has 0 aliphatic carbocycles. The number of halogens is 1. The summed E-state index contributed by atoms with van der Waals surface area (Å²) in [4.78, 5) is 4.39. The fraction of sp³-hybridized carbons (Fsp3) is 0.500. The molecule has 70 valence electrons. The summed E-state index contributed by atoms with van der Waals surface area (Å²) in [6.07, 6.45) is 5.70. The van der Waals surface area contributed by atoms with E-state index in [9.17, 15) is 0 Å². The summed E-state index contributed by atoms with van der Waals surface area (Å²) < 4.78 is 1.05. The van der Waals surface area contributed by atoms with Crippen molar-refractivity contribution in [3.05, 3.63) is 28.5 Å². The molecule has 2 nitrogen and oxygen atoms in total. The third-order valence-corrected chi connectivity index (χ3v) is 2.89. The minimum atomic E-state index is 0.474. The fourth-order valence-electron chi connectivity index (χ4n) is 1.70. The SMILES string of the molecule is Brc1ccc(C2CCCCN2)nc1. The first-order valence-corrected chi connectivity index (χ1v) is 5.50. The van der Waals surface area contributed by atoms with E-state index in [1.54, 1.807) is 0 Å². The highest BCUT2D eigenvalue weighted by molar-refractivity contribution is 9.10. The van der Waals surface area contributed by atoms with Gasteiger partial charge in [-0.3, -0.25) is 4.98 Å². The number of nitrogens with one attached hydrogen (secondary N) is 1. The van der Waals surface area contributed by atoms with E-state index >= 15 is 0 Å². The molecule has 1 atom stereocenters. The molecule has 0 spiro atoms. The molecule has 1 aromatic heterocycles. The van der Waals surface area contributed by atoms with Crippen LogP contribution in [0.4, 0.5) is 0 Å². The summed E-state index contributed by atoms with van der Waals surface area (Å²) in [6, 6.07) is 4.62. The molecule has 1 aliphatic heterocycles. The predicted octanol–water partition coefficient (Wildman–Crippen LogP) is 2.66. The molecule has 0 saturated carbocycles. The van der Waals surface area contributed by atoms with Crippen molar-refractivity contribution in [1.29, 1.82) is 0 Å². The van der Waals surface area contributed by atoms with Crippen LogP contribution in [0.1, 0.15) is 31.0 Å². The van der Waals surface area contributed by atoms with Gasteiger partial charge in [-0.25, -0.2) is 0 Å². The lowest BCUT2D eigenvalue weighted by Gasteiger charge is -2.22. The second kappa shape index (κ2) is 4.20. The number of pyridine rings is 1. The van der Waals surface area contributed by atoms with Gasteiger partial charge in [0.2, 0.25) is 0 Å². The lowest BCUT2D eigenvalue weighted by Crippen LogP contribution is -2.27. The van der Waals surface area contributed by atoms with Crippen LogP contribution in [0.5, 0.6) is 0 Å². The Labute approximate surface area is 86.9 Å². The third kappa shape index (κ3) is 2.29. The van der Waals surface area contributed by atoms with Crippen molar-refractivity contribution in [1.82, 2.24) is 10.3 Å². The largest absolute Gasteiger partial charge is 0.309 e. The lowest BCUT2D eigenvalue weighted by molar-refractivity contribution is 0.405. The topological polar surface area (TPSA) is 24.9 Å². The zero-order valence-corrected chi connectivity index (χ0v) is 9.05. The first-order valence-electron chi connectivity index (χ1n) is 4.71. The Hall–Kier alpha value is -0.410. The van der Waals surface area contributed by atoms with Crippen molar-refractivity contribution in [2.75, 3.05) is 6.54 Å². The molecule has 1 saturated heterocycles. The first kappa shape index (κ1) is 9.16. The average Bonchev–Trinajstić information content (AvgIpc) is 2.20. The van der Waals surface area contributed by atoms with E-state index in [1.165, 1.54) is 25.0 Å². The van der Waals surface area contributed by atoms with Gasteiger partial charge in [0.25, 0.3) is 0 Å². The van der Waals surface area contributed by atoms with Crippen molar-refractivity contribution >= 4 is 15.9 Å². The van der Waals surface area contributed by atoms with Gasteiger partial charge in [-0.15, -0.1) is 0 Å². The summed E-state index contributed by atoms with van der Waals surface area (Å²) in [7, 11) is 0. The summed E-state index contributed by atoms with van der Waals surface area (Å²) in [5.74, 6) is 0. The molecule has 0 radical (unpaired) electrons. The number of hydrogen-bond acceptors (Lipinski definition) is 2. The number of aromatic nitrogens is 1. The van der Waals surface area contributed by atoms with E-state index < -0.39 is 0 Å². The zero-order valence-electron chi connectivity index (χ0n) is 7.46. The van der Waals surface area contributed by atoms with E-state index in [0.29, 0.717) is 6.04 Å². The summed E-state index contributed by atoms with van der Waals surface area (Å²) in [5.41, 5.74) is 1.17. The van der Waals surface area contributed by atoms with Crippen molar-refractivity contribution < 1.29 is 0 Å². The van der Waals surface area contributed by atoms with Crippen LogP contribution in [0.15, 0.2) is 22.8 Å². The molecule has 1 unspecified atom stereocenters. The second-order valence-electron chi connectivity index (χ2n) is 3.40. The summed E-state index contributed by atoms with van der Waals surface area (Å²) in [6.45, 7) is 1.13. The van der Waals surface area contributed by atoms with Gasteiger partial charge in [-0.1, -0.05) is 6.42 Å². The highest BCUT2D eigenvalue weighted by Gasteiger charge is 2.14. The molecule has 1 fully saturated rings. The Morgan fingerprint density at radius 1 is 1.38 bits per heavy atom. The molecule has 0 aromatic carbocycles. The Bertz CT molecular complexity index is 265. The molecule has 0 bridgehead atoms. The van der Waals surface area contributed by atoms with Crippen LogP contribution in [0.3, 0.4) is 0 Å². The van der Waals surface area contributed by atoms with E-state index in [1.807, 2.05) is 6.20 Å². The second-order valence-corrected chi connectivity index (χ2v) is 4.32. The molecule has 0 amide bonds. The minimum absolute atomic E-state index is 0.474. The fourth-order valence-corrected chi connectivity index (χ4v) is 1.93. The van der Waals surface area contributed by atoms with Crippen LogP contribution >= 0.6 is 15.9 Å². The molecule has 1 aromatic rings. The molecule has 1 aliphatic rings. The van der Waals surface area contributed by atoms with Crippen LogP contribution in [0.25, 0.3) is 0 Å². The van der Waals surface area contributed by atoms with Crippen LogP contribution in [-0.4, -0.2) is 11.5 Å². The number of piperidine rings is 1. The normalized spacial score (nSPS) is 23.0. The Morgan fingerprint density at radius 3 is 2.92 bits per heavy atom. The highest BCUT2D eigenvalue weighted by Crippen LogP contribution is 2.21. The Kier molecular flexibility index (Phi) is 2.96. The quantitative estimate of drug-likeness (QED) is 0.817. The molecular formula is C10H13BrN2. The molecule has 13 heavy (non-hydrogen) atoms. The van der Waals surface area contributed by atoms with Crippen LogP contribution in [-0.2, 0) is 0 Å².